The topological polar surface area (TPSA) is 63.8 Å². The molecule has 1 aromatic carbocycles. The molecule has 0 aliphatic heterocycles. The van der Waals surface area contributed by atoms with Gasteiger partial charge >= 0.3 is 5.97 Å². The molecule has 7 heteroatoms. The molecule has 0 aliphatic rings. The highest BCUT2D eigenvalue weighted by molar-refractivity contribution is 7.99. The quantitative estimate of drug-likeness (QED) is 0.723. The van der Waals surface area contributed by atoms with Crippen molar-refractivity contribution in [1.29, 1.82) is 0 Å². The van der Waals surface area contributed by atoms with Crippen molar-refractivity contribution in [3.8, 4) is 5.75 Å². The molecule has 2 aromatic heterocycles. The minimum Gasteiger partial charge on any atom is -0.497 e. The summed E-state index contributed by atoms with van der Waals surface area (Å²) in [5.74, 6) is -0.188. The van der Waals surface area contributed by atoms with Crippen LogP contribution in [0.2, 0.25) is 0 Å². The van der Waals surface area contributed by atoms with E-state index in [2.05, 4.69) is 4.98 Å². The van der Waals surface area contributed by atoms with E-state index in [-0.39, 0.29) is 0 Å². The molecule has 22 heavy (non-hydrogen) atoms. The molecule has 3 aromatic rings. The zero-order valence-corrected chi connectivity index (χ0v) is 13.2. The third-order valence-corrected chi connectivity index (χ3v) is 4.68. The van der Waals surface area contributed by atoms with Crippen molar-refractivity contribution < 1.29 is 14.6 Å². The number of methoxy groups -OCH3 is 1. The van der Waals surface area contributed by atoms with Gasteiger partial charge in [0.05, 0.1) is 12.8 Å². The Morgan fingerprint density at radius 3 is 2.86 bits per heavy atom. The third-order valence-electron chi connectivity index (χ3n) is 2.92. The van der Waals surface area contributed by atoms with E-state index in [1.54, 1.807) is 13.2 Å². The van der Waals surface area contributed by atoms with Crippen LogP contribution >= 0.6 is 23.1 Å². The summed E-state index contributed by atoms with van der Waals surface area (Å²) in [6, 6.07) is 7.66. The summed E-state index contributed by atoms with van der Waals surface area (Å²) < 4.78 is 7.02. The van der Waals surface area contributed by atoms with Crippen LogP contribution in [-0.4, -0.2) is 27.6 Å². The van der Waals surface area contributed by atoms with E-state index in [0.29, 0.717) is 0 Å². The summed E-state index contributed by atoms with van der Waals surface area (Å²) in [5, 5.41) is 11.5. The van der Waals surface area contributed by atoms with Gasteiger partial charge in [0.2, 0.25) is 0 Å². The lowest BCUT2D eigenvalue weighted by Crippen LogP contribution is -1.89. The average Bonchev–Trinajstić information content (AvgIpc) is 3.07. The fourth-order valence-electron chi connectivity index (χ4n) is 1.92. The summed E-state index contributed by atoms with van der Waals surface area (Å²) in [7, 11) is 1.63. The Kier molecular flexibility index (Phi) is 4.17. The molecule has 0 fully saturated rings. The van der Waals surface area contributed by atoms with Gasteiger partial charge in [-0.15, -0.1) is 11.3 Å². The number of thiazole rings is 1. The molecular formula is C15H12N2O3S2. The van der Waals surface area contributed by atoms with Crippen molar-refractivity contribution in [3.05, 3.63) is 47.6 Å². The SMILES string of the molecule is COc1ccc(Sc2nc3sccn3c2/C=C/C(=O)O)cc1. The van der Waals surface area contributed by atoms with E-state index in [9.17, 15) is 4.79 Å². The maximum absolute atomic E-state index is 10.8. The molecule has 0 bridgehead atoms. The first-order valence-electron chi connectivity index (χ1n) is 6.36. The number of rotatable bonds is 5. The van der Waals surface area contributed by atoms with Crippen LogP contribution in [0.25, 0.3) is 11.0 Å². The number of benzene rings is 1. The van der Waals surface area contributed by atoms with Gasteiger partial charge in [0, 0.05) is 22.5 Å². The van der Waals surface area contributed by atoms with Gasteiger partial charge in [-0.3, -0.25) is 4.40 Å². The van der Waals surface area contributed by atoms with Crippen LogP contribution in [0.5, 0.6) is 5.75 Å². The van der Waals surface area contributed by atoms with E-state index in [4.69, 9.17) is 9.84 Å². The van der Waals surface area contributed by atoms with Crippen molar-refractivity contribution in [2.24, 2.45) is 0 Å². The van der Waals surface area contributed by atoms with E-state index in [1.807, 2.05) is 40.2 Å². The molecule has 0 amide bonds. The van der Waals surface area contributed by atoms with Gasteiger partial charge in [-0.05, 0) is 30.3 Å². The smallest absolute Gasteiger partial charge is 0.328 e. The fraction of sp³-hybridized carbons (Fsp3) is 0.0667. The maximum Gasteiger partial charge on any atom is 0.328 e. The first-order chi connectivity index (χ1) is 10.7. The Morgan fingerprint density at radius 2 is 2.18 bits per heavy atom. The van der Waals surface area contributed by atoms with Crippen molar-refractivity contribution >= 4 is 40.1 Å². The highest BCUT2D eigenvalue weighted by Crippen LogP contribution is 2.33. The van der Waals surface area contributed by atoms with Crippen LogP contribution in [0.1, 0.15) is 5.69 Å². The highest BCUT2D eigenvalue weighted by atomic mass is 32.2. The van der Waals surface area contributed by atoms with Crippen molar-refractivity contribution in [2.75, 3.05) is 7.11 Å². The molecule has 0 saturated carbocycles. The van der Waals surface area contributed by atoms with Gasteiger partial charge in [-0.25, -0.2) is 9.78 Å². The summed E-state index contributed by atoms with van der Waals surface area (Å²) in [6.45, 7) is 0. The highest BCUT2D eigenvalue weighted by Gasteiger charge is 2.12. The van der Waals surface area contributed by atoms with Gasteiger partial charge in [0.1, 0.15) is 10.8 Å². The van der Waals surface area contributed by atoms with Crippen LogP contribution in [0.15, 0.2) is 51.8 Å². The number of carboxylic acid groups (broad SMARTS) is 1. The molecule has 5 nitrogen and oxygen atoms in total. The second-order valence-electron chi connectivity index (χ2n) is 4.31. The second kappa shape index (κ2) is 6.25. The van der Waals surface area contributed by atoms with Crippen molar-refractivity contribution in [3.63, 3.8) is 0 Å². The zero-order valence-electron chi connectivity index (χ0n) is 11.6. The number of aliphatic carboxylic acids is 1. The average molecular weight is 332 g/mol. The molecule has 0 atom stereocenters. The van der Waals surface area contributed by atoms with E-state index < -0.39 is 5.97 Å². The Hall–Kier alpha value is -2.25. The first kappa shape index (κ1) is 14.7. The Balaban J connectivity index is 1.96. The number of fused-ring (bicyclic) bond motifs is 1. The summed E-state index contributed by atoms with van der Waals surface area (Å²) in [6.07, 6.45) is 4.58. The Labute approximate surface area is 134 Å². The number of hydrogen-bond donors (Lipinski definition) is 1. The Bertz CT molecular complexity index is 834. The number of imidazole rings is 1. The normalized spacial score (nSPS) is 11.3. The molecule has 0 radical (unpaired) electrons. The maximum atomic E-state index is 10.8. The minimum atomic E-state index is -0.981. The largest absolute Gasteiger partial charge is 0.497 e. The monoisotopic (exact) mass is 332 g/mol. The van der Waals surface area contributed by atoms with Gasteiger partial charge in [0.25, 0.3) is 0 Å². The van der Waals surface area contributed by atoms with E-state index in [1.165, 1.54) is 23.1 Å². The number of carbonyl (C=O) groups is 1. The number of aromatic nitrogens is 2. The van der Waals surface area contributed by atoms with Crippen LogP contribution in [0.3, 0.4) is 0 Å². The molecule has 3 rings (SSSR count). The summed E-state index contributed by atoms with van der Waals surface area (Å²) in [5.41, 5.74) is 0.763. The molecule has 1 N–H and O–H groups in total. The number of ether oxygens (including phenoxy) is 1. The fourth-order valence-corrected chi connectivity index (χ4v) is 3.59. The van der Waals surface area contributed by atoms with Crippen LogP contribution in [0, 0.1) is 0 Å². The Morgan fingerprint density at radius 1 is 1.41 bits per heavy atom. The second-order valence-corrected chi connectivity index (χ2v) is 6.24. The standard InChI is InChI=1S/C15H12N2O3S2/c1-20-10-2-4-11(5-3-10)22-14-12(6-7-13(18)19)17-8-9-21-15(17)16-14/h2-9H,1H3,(H,18,19)/b7-6+. The molecule has 0 spiro atoms. The minimum absolute atomic E-state index is 0.763. The van der Waals surface area contributed by atoms with Crippen molar-refractivity contribution in [2.45, 2.75) is 9.92 Å². The zero-order chi connectivity index (χ0) is 15.5. The number of carboxylic acids is 1. The molecule has 0 unspecified atom stereocenters. The lowest BCUT2D eigenvalue weighted by molar-refractivity contribution is -0.131. The van der Waals surface area contributed by atoms with Gasteiger partial charge < -0.3 is 9.84 Å². The number of hydrogen-bond acceptors (Lipinski definition) is 5. The van der Waals surface area contributed by atoms with Gasteiger partial charge in [-0.2, -0.15) is 0 Å². The van der Waals surface area contributed by atoms with Crippen LogP contribution in [0.4, 0.5) is 0 Å². The molecule has 2 heterocycles. The molecule has 112 valence electrons. The summed E-state index contributed by atoms with van der Waals surface area (Å²) in [4.78, 5) is 17.2. The van der Waals surface area contributed by atoms with E-state index >= 15 is 0 Å². The molecule has 0 aliphatic carbocycles. The molecular weight excluding hydrogens is 320 g/mol. The molecule has 0 saturated heterocycles. The lowest BCUT2D eigenvalue weighted by atomic mass is 10.3. The first-order valence-corrected chi connectivity index (χ1v) is 8.05. The van der Waals surface area contributed by atoms with Gasteiger partial charge in [-0.1, -0.05) is 11.8 Å². The van der Waals surface area contributed by atoms with E-state index in [0.717, 1.165) is 32.4 Å². The summed E-state index contributed by atoms with van der Waals surface area (Å²) >= 11 is 3.00. The lowest BCUT2D eigenvalue weighted by Gasteiger charge is -2.02. The number of nitrogens with zero attached hydrogens (tertiary/aromatic N) is 2. The predicted molar refractivity (Wildman–Crippen MR) is 86.9 cm³/mol. The van der Waals surface area contributed by atoms with Crippen LogP contribution < -0.4 is 4.74 Å². The van der Waals surface area contributed by atoms with Gasteiger partial charge in [0.15, 0.2) is 4.96 Å². The third kappa shape index (κ3) is 3.00. The predicted octanol–water partition coefficient (Wildman–Crippen LogP) is 3.65. The van der Waals surface area contributed by atoms with Crippen molar-refractivity contribution in [1.82, 2.24) is 9.38 Å². The van der Waals surface area contributed by atoms with Crippen LogP contribution in [-0.2, 0) is 4.79 Å².